The number of carbonyl (C=O) groups is 1. The highest BCUT2D eigenvalue weighted by Gasteiger charge is 2.10. The Morgan fingerprint density at radius 3 is 2.43 bits per heavy atom. The van der Waals surface area contributed by atoms with Crippen LogP contribution in [0, 0.1) is 6.92 Å². The zero-order valence-corrected chi connectivity index (χ0v) is 13.8. The lowest BCUT2D eigenvalue weighted by Crippen LogP contribution is -2.15. The second-order valence-electron chi connectivity index (χ2n) is 5.08. The number of amides is 1. The van der Waals surface area contributed by atoms with Gasteiger partial charge in [-0.2, -0.15) is 15.0 Å². The zero-order chi connectivity index (χ0) is 16.8. The van der Waals surface area contributed by atoms with Crippen molar-refractivity contribution < 1.29 is 9.53 Å². The second-order valence-corrected chi connectivity index (χ2v) is 5.08. The van der Waals surface area contributed by atoms with E-state index in [0.29, 0.717) is 18.4 Å². The van der Waals surface area contributed by atoms with E-state index in [-0.39, 0.29) is 17.9 Å². The molecule has 122 valence electrons. The number of aryl methyl sites for hydroxylation is 1. The van der Waals surface area contributed by atoms with Gasteiger partial charge in [0.2, 0.25) is 17.8 Å². The van der Waals surface area contributed by atoms with Crippen molar-refractivity contribution in [3.8, 4) is 5.75 Å². The van der Waals surface area contributed by atoms with Crippen molar-refractivity contribution in [3.63, 3.8) is 0 Å². The summed E-state index contributed by atoms with van der Waals surface area (Å²) in [6.45, 7) is 7.76. The van der Waals surface area contributed by atoms with Crippen LogP contribution in [0.2, 0.25) is 0 Å². The zero-order valence-electron chi connectivity index (χ0n) is 13.8. The maximum Gasteiger partial charge on any atom is 0.234 e. The summed E-state index contributed by atoms with van der Waals surface area (Å²) in [4.78, 5) is 23.6. The largest absolute Gasteiger partial charge is 0.494 e. The van der Waals surface area contributed by atoms with Crippen LogP contribution in [-0.2, 0) is 4.79 Å². The van der Waals surface area contributed by atoms with Crippen LogP contribution in [0.4, 0.5) is 11.9 Å². The maximum absolute atomic E-state index is 11.1. The SMILES string of the molecule is CCOc1ccc(C(C)Nc2nc(C)nc(NC(C)=O)n2)cc1. The Bertz CT molecular complexity index is 673. The maximum atomic E-state index is 11.1. The van der Waals surface area contributed by atoms with Gasteiger partial charge in [0.25, 0.3) is 0 Å². The summed E-state index contributed by atoms with van der Waals surface area (Å²) >= 11 is 0. The van der Waals surface area contributed by atoms with Crippen LogP contribution < -0.4 is 15.4 Å². The lowest BCUT2D eigenvalue weighted by molar-refractivity contribution is -0.114. The van der Waals surface area contributed by atoms with E-state index in [1.807, 2.05) is 38.1 Å². The number of nitrogens with zero attached hydrogens (tertiary/aromatic N) is 3. The van der Waals surface area contributed by atoms with E-state index in [4.69, 9.17) is 4.74 Å². The summed E-state index contributed by atoms with van der Waals surface area (Å²) in [6, 6.07) is 7.84. The number of carbonyl (C=O) groups excluding carboxylic acids is 1. The third kappa shape index (κ3) is 4.91. The van der Waals surface area contributed by atoms with E-state index in [2.05, 4.69) is 25.6 Å². The fraction of sp³-hybridized carbons (Fsp3) is 0.375. The van der Waals surface area contributed by atoms with E-state index in [1.165, 1.54) is 6.92 Å². The molecule has 1 amide bonds. The number of nitrogens with one attached hydrogen (secondary N) is 2. The molecule has 0 fully saturated rings. The van der Waals surface area contributed by atoms with Crippen molar-refractivity contribution in [2.45, 2.75) is 33.7 Å². The average molecular weight is 315 g/mol. The number of hydrogen-bond acceptors (Lipinski definition) is 6. The molecule has 0 spiro atoms. The molecule has 7 heteroatoms. The number of anilines is 2. The second kappa shape index (κ2) is 7.53. The fourth-order valence-corrected chi connectivity index (χ4v) is 2.06. The number of benzene rings is 1. The first-order chi connectivity index (χ1) is 11.0. The molecule has 7 nitrogen and oxygen atoms in total. The van der Waals surface area contributed by atoms with E-state index < -0.39 is 0 Å². The first-order valence-corrected chi connectivity index (χ1v) is 7.47. The van der Waals surface area contributed by atoms with Crippen molar-refractivity contribution in [3.05, 3.63) is 35.7 Å². The molecule has 0 saturated heterocycles. The summed E-state index contributed by atoms with van der Waals surface area (Å²) < 4.78 is 5.43. The summed E-state index contributed by atoms with van der Waals surface area (Å²) in [5.41, 5.74) is 1.08. The normalized spacial score (nSPS) is 11.7. The van der Waals surface area contributed by atoms with Gasteiger partial charge >= 0.3 is 0 Å². The Hall–Kier alpha value is -2.70. The molecule has 1 atom stereocenters. The molecule has 2 N–H and O–H groups in total. The Kier molecular flexibility index (Phi) is 5.46. The van der Waals surface area contributed by atoms with Crippen LogP contribution in [0.25, 0.3) is 0 Å². The topological polar surface area (TPSA) is 89.0 Å². The number of hydrogen-bond donors (Lipinski definition) is 2. The van der Waals surface area contributed by atoms with Gasteiger partial charge in [0, 0.05) is 6.92 Å². The van der Waals surface area contributed by atoms with Crippen LogP contribution in [0.3, 0.4) is 0 Å². The van der Waals surface area contributed by atoms with Crippen LogP contribution in [0.1, 0.15) is 38.2 Å². The molecular formula is C16H21N5O2. The highest BCUT2D eigenvalue weighted by Crippen LogP contribution is 2.20. The van der Waals surface area contributed by atoms with E-state index >= 15 is 0 Å². The van der Waals surface area contributed by atoms with Crippen molar-refractivity contribution in [2.75, 3.05) is 17.2 Å². The summed E-state index contributed by atoms with van der Waals surface area (Å²) in [5, 5.41) is 5.77. The third-order valence-electron chi connectivity index (χ3n) is 3.07. The minimum absolute atomic E-state index is 0.00217. The molecule has 0 saturated carbocycles. The third-order valence-corrected chi connectivity index (χ3v) is 3.07. The quantitative estimate of drug-likeness (QED) is 0.852. The highest BCUT2D eigenvalue weighted by atomic mass is 16.5. The molecule has 23 heavy (non-hydrogen) atoms. The van der Waals surface area contributed by atoms with Gasteiger partial charge in [-0.1, -0.05) is 12.1 Å². The van der Waals surface area contributed by atoms with Crippen LogP contribution in [0.5, 0.6) is 5.75 Å². The van der Waals surface area contributed by atoms with E-state index in [9.17, 15) is 4.79 Å². The molecule has 1 unspecified atom stereocenters. The van der Waals surface area contributed by atoms with Gasteiger partial charge in [0.1, 0.15) is 11.6 Å². The monoisotopic (exact) mass is 315 g/mol. The van der Waals surface area contributed by atoms with Crippen LogP contribution in [0.15, 0.2) is 24.3 Å². The Labute approximate surface area is 135 Å². The van der Waals surface area contributed by atoms with Gasteiger partial charge in [0.15, 0.2) is 0 Å². The summed E-state index contributed by atoms with van der Waals surface area (Å²) in [6.07, 6.45) is 0. The fourth-order valence-electron chi connectivity index (χ4n) is 2.06. The van der Waals surface area contributed by atoms with E-state index in [1.54, 1.807) is 6.92 Å². The van der Waals surface area contributed by atoms with Crippen LogP contribution in [-0.4, -0.2) is 27.5 Å². The lowest BCUT2D eigenvalue weighted by atomic mass is 10.1. The molecule has 2 rings (SSSR count). The Morgan fingerprint density at radius 1 is 1.17 bits per heavy atom. The molecule has 1 heterocycles. The number of aromatic nitrogens is 3. The predicted molar refractivity (Wildman–Crippen MR) is 88.5 cm³/mol. The number of ether oxygens (including phenoxy) is 1. The van der Waals surface area contributed by atoms with Gasteiger partial charge in [0.05, 0.1) is 12.6 Å². The van der Waals surface area contributed by atoms with Crippen molar-refractivity contribution in [1.82, 2.24) is 15.0 Å². The molecule has 0 aliphatic heterocycles. The minimum Gasteiger partial charge on any atom is -0.494 e. The van der Waals surface area contributed by atoms with Crippen molar-refractivity contribution in [2.24, 2.45) is 0 Å². The van der Waals surface area contributed by atoms with E-state index in [0.717, 1.165) is 11.3 Å². The number of rotatable bonds is 6. The predicted octanol–water partition coefficient (Wildman–Crippen LogP) is 2.71. The van der Waals surface area contributed by atoms with Crippen molar-refractivity contribution >= 4 is 17.8 Å². The van der Waals surface area contributed by atoms with Gasteiger partial charge in [-0.25, -0.2) is 0 Å². The highest BCUT2D eigenvalue weighted by molar-refractivity contribution is 5.86. The standard InChI is InChI=1S/C16H21N5O2/c1-5-23-14-8-6-13(7-9-14)10(2)17-15-18-11(3)19-16(21-15)20-12(4)22/h6-10H,5H2,1-4H3,(H2,17,18,19,20,21,22). The first kappa shape index (κ1) is 16.7. The molecule has 0 radical (unpaired) electrons. The lowest BCUT2D eigenvalue weighted by Gasteiger charge is -2.15. The van der Waals surface area contributed by atoms with Gasteiger partial charge in [-0.3, -0.25) is 10.1 Å². The molecule has 1 aromatic heterocycles. The molecule has 1 aromatic carbocycles. The molecule has 0 aliphatic rings. The average Bonchev–Trinajstić information content (AvgIpc) is 2.46. The van der Waals surface area contributed by atoms with Crippen molar-refractivity contribution in [1.29, 1.82) is 0 Å². The first-order valence-electron chi connectivity index (χ1n) is 7.47. The van der Waals surface area contributed by atoms with Gasteiger partial charge in [-0.15, -0.1) is 0 Å². The Morgan fingerprint density at radius 2 is 1.83 bits per heavy atom. The molecular weight excluding hydrogens is 294 g/mol. The summed E-state index contributed by atoms with van der Waals surface area (Å²) in [7, 11) is 0. The molecule has 2 aromatic rings. The van der Waals surface area contributed by atoms with Gasteiger partial charge in [-0.05, 0) is 38.5 Å². The minimum atomic E-state index is -0.221. The van der Waals surface area contributed by atoms with Crippen LogP contribution >= 0.6 is 0 Å². The molecule has 0 aliphatic carbocycles. The Balaban J connectivity index is 2.11. The van der Waals surface area contributed by atoms with Gasteiger partial charge < -0.3 is 10.1 Å². The summed E-state index contributed by atoms with van der Waals surface area (Å²) in [5.74, 6) is 1.81. The smallest absolute Gasteiger partial charge is 0.234 e. The molecule has 0 bridgehead atoms.